The van der Waals surface area contributed by atoms with Crippen molar-refractivity contribution in [1.82, 2.24) is 0 Å². The van der Waals surface area contributed by atoms with Crippen LogP contribution in [0.4, 0.5) is 0 Å². The molecule has 0 aliphatic rings. The fourth-order valence-electron chi connectivity index (χ4n) is 5.86. The maximum Gasteiger partial charge on any atom is 0.385 e. The van der Waals surface area contributed by atoms with E-state index in [1.165, 1.54) is 180 Å². The zero-order valence-electron chi connectivity index (χ0n) is 31.1. The predicted octanol–water partition coefficient (Wildman–Crippen LogP) is 13.3. The zero-order chi connectivity index (χ0) is 34.1. The van der Waals surface area contributed by atoms with Crippen molar-refractivity contribution in [2.45, 2.75) is 219 Å². The molecule has 0 saturated heterocycles. The van der Waals surface area contributed by atoms with Gasteiger partial charge in [0.05, 0.1) is 13.2 Å². The number of esters is 2. The minimum atomic E-state index is -0.536. The minimum absolute atomic E-state index is 0.411. The fourth-order valence-corrected chi connectivity index (χ4v) is 6.18. The molecule has 0 aliphatic carbocycles. The third-order valence-corrected chi connectivity index (χ3v) is 9.28. The van der Waals surface area contributed by atoms with Gasteiger partial charge >= 0.3 is 11.9 Å². The van der Waals surface area contributed by atoms with Crippen molar-refractivity contribution in [1.29, 1.82) is 0 Å². The van der Waals surface area contributed by atoms with Gasteiger partial charge in [-0.25, -0.2) is 9.59 Å². The first-order valence-electron chi connectivity index (χ1n) is 20.2. The summed E-state index contributed by atoms with van der Waals surface area (Å²) in [6.45, 7) is 5.37. The highest BCUT2D eigenvalue weighted by Crippen LogP contribution is 2.15. The van der Waals surface area contributed by atoms with Crippen LogP contribution in [-0.2, 0) is 19.1 Å². The van der Waals surface area contributed by atoms with Crippen LogP contribution in [-0.4, -0.2) is 25.2 Å². The Morgan fingerprint density at radius 1 is 0.362 bits per heavy atom. The minimum Gasteiger partial charge on any atom is -0.456 e. The second kappa shape index (κ2) is 40.6. The Labute approximate surface area is 296 Å². The number of unbranched alkanes of at least 4 members (excludes halogenated alkanes) is 30. The third kappa shape index (κ3) is 40.5. The van der Waals surface area contributed by atoms with Gasteiger partial charge in [-0.1, -0.05) is 206 Å². The van der Waals surface area contributed by atoms with E-state index in [9.17, 15) is 9.59 Å². The van der Waals surface area contributed by atoms with Crippen LogP contribution in [0.15, 0.2) is 0 Å². The molecule has 272 valence electrons. The van der Waals surface area contributed by atoms with Gasteiger partial charge in [0.25, 0.3) is 0 Å². The van der Waals surface area contributed by atoms with Gasteiger partial charge in [0, 0.05) is 23.6 Å². The fraction of sp³-hybridized carbons (Fsp3) is 0.857. The summed E-state index contributed by atoms with van der Waals surface area (Å²) in [5.41, 5.74) is 0. The van der Waals surface area contributed by atoms with E-state index in [4.69, 9.17) is 9.47 Å². The van der Waals surface area contributed by atoms with E-state index in [0.29, 0.717) is 13.2 Å². The van der Waals surface area contributed by atoms with E-state index < -0.39 is 11.9 Å². The van der Waals surface area contributed by atoms with E-state index in [-0.39, 0.29) is 0 Å². The van der Waals surface area contributed by atoms with Crippen molar-refractivity contribution in [3.8, 4) is 22.3 Å². The van der Waals surface area contributed by atoms with Gasteiger partial charge in [0.2, 0.25) is 0 Å². The average Bonchev–Trinajstić information content (AvgIpc) is 3.07. The van der Waals surface area contributed by atoms with Crippen LogP contribution in [0.3, 0.4) is 0 Å². The van der Waals surface area contributed by atoms with Crippen molar-refractivity contribution in [3.05, 3.63) is 0 Å². The van der Waals surface area contributed by atoms with Crippen molar-refractivity contribution in [2.24, 2.45) is 0 Å². The van der Waals surface area contributed by atoms with Crippen molar-refractivity contribution in [2.75, 3.05) is 13.2 Å². The molecule has 5 heteroatoms. The maximum absolute atomic E-state index is 11.7. The van der Waals surface area contributed by atoms with Gasteiger partial charge in [-0.15, -0.1) is 0 Å². The highest BCUT2D eigenvalue weighted by molar-refractivity contribution is 8.08. The first kappa shape index (κ1) is 45.4. The molecule has 0 fully saturated rings. The van der Waals surface area contributed by atoms with Gasteiger partial charge < -0.3 is 9.47 Å². The highest BCUT2D eigenvalue weighted by atomic mass is 32.2. The normalized spacial score (nSPS) is 10.6. The standard InChI is InChI=1S/C42H74O4S/c1-3-5-7-9-11-13-15-17-19-21-23-25-27-29-31-33-37-45-41(43)35-39-47-40-36-42(44)46-38-34-32-30-28-26-24-22-20-18-16-14-12-10-8-6-4-2/h3-34,37-38H2,1-2H3. The van der Waals surface area contributed by atoms with Crippen LogP contribution in [0.1, 0.15) is 219 Å². The van der Waals surface area contributed by atoms with Crippen LogP contribution in [0, 0.1) is 22.3 Å². The molecule has 0 aromatic heterocycles. The lowest BCUT2D eigenvalue weighted by Crippen LogP contribution is -2.02. The van der Waals surface area contributed by atoms with Gasteiger partial charge in [-0.05, 0) is 23.3 Å². The molecule has 0 N–H and O–H groups in total. The van der Waals surface area contributed by atoms with Crippen LogP contribution in [0.2, 0.25) is 0 Å². The smallest absolute Gasteiger partial charge is 0.385 e. The van der Waals surface area contributed by atoms with E-state index in [0.717, 1.165) is 37.4 Å². The second-order valence-corrected chi connectivity index (χ2v) is 14.0. The first-order chi connectivity index (χ1) is 23.2. The van der Waals surface area contributed by atoms with E-state index in [2.05, 4.69) is 36.2 Å². The summed E-state index contributed by atoms with van der Waals surface area (Å²) in [5.74, 6) is 3.75. The Hall–Kier alpha value is -1.59. The Morgan fingerprint density at radius 3 is 0.809 bits per heavy atom. The first-order valence-corrected chi connectivity index (χ1v) is 21.0. The molecule has 0 spiro atoms. The topological polar surface area (TPSA) is 52.6 Å². The molecular formula is C42H74O4S. The van der Waals surface area contributed by atoms with Crippen LogP contribution in [0.25, 0.3) is 0 Å². The molecule has 0 aliphatic heterocycles. The molecule has 4 nitrogen and oxygen atoms in total. The summed E-state index contributed by atoms with van der Waals surface area (Å²) >= 11 is 0.917. The summed E-state index contributed by atoms with van der Waals surface area (Å²) in [6.07, 6.45) is 42.2. The maximum atomic E-state index is 11.7. The molecule has 0 heterocycles. The SMILES string of the molecule is CCCCCCCCCCCCCCCCCCOC(=O)C#CSC#CC(=O)OCCCCCCCCCCCCCCCCCC. The number of hydrogen-bond acceptors (Lipinski definition) is 5. The number of rotatable bonds is 34. The monoisotopic (exact) mass is 675 g/mol. The largest absolute Gasteiger partial charge is 0.456 e. The number of carbonyl (C=O) groups is 2. The van der Waals surface area contributed by atoms with Crippen LogP contribution >= 0.6 is 11.8 Å². The second-order valence-electron chi connectivity index (χ2n) is 13.4. The molecular weight excluding hydrogens is 601 g/mol. The van der Waals surface area contributed by atoms with E-state index >= 15 is 0 Å². The van der Waals surface area contributed by atoms with Gasteiger partial charge in [-0.3, -0.25) is 0 Å². The lowest BCUT2D eigenvalue weighted by atomic mass is 10.0. The van der Waals surface area contributed by atoms with Gasteiger partial charge in [-0.2, -0.15) is 0 Å². The van der Waals surface area contributed by atoms with E-state index in [1.807, 2.05) is 0 Å². The van der Waals surface area contributed by atoms with Crippen molar-refractivity contribution >= 4 is 23.7 Å². The van der Waals surface area contributed by atoms with Crippen LogP contribution < -0.4 is 0 Å². The molecule has 0 atom stereocenters. The molecule has 0 unspecified atom stereocenters. The zero-order valence-corrected chi connectivity index (χ0v) is 31.9. The summed E-state index contributed by atoms with van der Waals surface area (Å²) in [6, 6.07) is 0. The quantitative estimate of drug-likeness (QED) is 0.0386. The molecule has 0 amide bonds. The summed E-state index contributed by atoms with van der Waals surface area (Å²) in [7, 11) is 0. The molecule has 0 bridgehead atoms. The molecule has 0 radical (unpaired) electrons. The Bertz CT molecular complexity index is 737. The van der Waals surface area contributed by atoms with Crippen molar-refractivity contribution in [3.63, 3.8) is 0 Å². The lowest BCUT2D eigenvalue weighted by molar-refractivity contribution is -0.137. The summed E-state index contributed by atoms with van der Waals surface area (Å²) < 4.78 is 10.3. The Kier molecular flexibility index (Phi) is 39.2. The molecule has 47 heavy (non-hydrogen) atoms. The van der Waals surface area contributed by atoms with Gasteiger partial charge in [0.1, 0.15) is 0 Å². The molecule has 0 rings (SSSR count). The number of hydrogen-bond donors (Lipinski definition) is 0. The highest BCUT2D eigenvalue weighted by Gasteiger charge is 2.00. The Balaban J connectivity index is 3.42. The number of thioether (sulfide) groups is 1. The third-order valence-electron chi connectivity index (χ3n) is 8.87. The summed E-state index contributed by atoms with van der Waals surface area (Å²) in [4.78, 5) is 23.5. The average molecular weight is 675 g/mol. The van der Waals surface area contributed by atoms with E-state index in [1.54, 1.807) is 0 Å². The number of ether oxygens (including phenoxy) is 2. The predicted molar refractivity (Wildman–Crippen MR) is 204 cm³/mol. The number of carbonyl (C=O) groups excluding carboxylic acids is 2. The van der Waals surface area contributed by atoms with Gasteiger partial charge in [0.15, 0.2) is 0 Å². The summed E-state index contributed by atoms with van der Waals surface area (Å²) in [5, 5.41) is 5.17. The molecule has 0 aromatic carbocycles. The molecule has 0 aromatic rings. The van der Waals surface area contributed by atoms with Crippen molar-refractivity contribution < 1.29 is 19.1 Å². The lowest BCUT2D eigenvalue weighted by Gasteiger charge is -2.04. The Morgan fingerprint density at radius 2 is 0.574 bits per heavy atom. The van der Waals surface area contributed by atoms with Crippen LogP contribution in [0.5, 0.6) is 0 Å². The molecule has 0 saturated carbocycles.